The third kappa shape index (κ3) is 2.49. The second-order valence-corrected chi connectivity index (χ2v) is 3.18. The summed E-state index contributed by atoms with van der Waals surface area (Å²) < 4.78 is 25.6. The van der Waals surface area contributed by atoms with Crippen LogP contribution in [0.15, 0.2) is 30.4 Å². The number of ketones is 1. The van der Waals surface area contributed by atoms with Crippen molar-refractivity contribution >= 4 is 5.78 Å². The molecular weight excluding hydrogens is 186 g/mol. The minimum absolute atomic E-state index is 0.0859. The molecule has 0 saturated carbocycles. The zero-order valence-corrected chi connectivity index (χ0v) is 7.81. The van der Waals surface area contributed by atoms with Gasteiger partial charge in [-0.25, -0.2) is 8.78 Å². The highest BCUT2D eigenvalue weighted by Gasteiger charge is 2.11. The lowest BCUT2D eigenvalue weighted by Gasteiger charge is -2.01. The van der Waals surface area contributed by atoms with E-state index >= 15 is 0 Å². The molecule has 0 saturated heterocycles. The molecule has 0 atom stereocenters. The van der Waals surface area contributed by atoms with E-state index in [2.05, 4.69) is 6.58 Å². The third-order valence-electron chi connectivity index (χ3n) is 1.69. The summed E-state index contributed by atoms with van der Waals surface area (Å²) in [4.78, 5) is 11.4. The van der Waals surface area contributed by atoms with Gasteiger partial charge in [-0.1, -0.05) is 12.2 Å². The van der Waals surface area contributed by atoms with Gasteiger partial charge in [-0.15, -0.1) is 0 Å². The lowest BCUT2D eigenvalue weighted by molar-refractivity contribution is 0.0989. The number of rotatable bonds is 3. The van der Waals surface area contributed by atoms with Crippen LogP contribution in [0, 0.1) is 11.6 Å². The number of hydrogen-bond donors (Lipinski definition) is 0. The summed E-state index contributed by atoms with van der Waals surface area (Å²) in [6.45, 7) is 5.23. The molecule has 0 unspecified atom stereocenters. The van der Waals surface area contributed by atoms with Gasteiger partial charge in [0.05, 0.1) is 5.56 Å². The molecule has 0 amide bonds. The third-order valence-corrected chi connectivity index (χ3v) is 1.69. The number of allylic oxidation sites excluding steroid dienone is 1. The smallest absolute Gasteiger partial charge is 0.169 e. The molecule has 3 heteroatoms. The number of halogens is 2. The molecule has 74 valence electrons. The van der Waals surface area contributed by atoms with Crippen LogP contribution in [-0.4, -0.2) is 5.78 Å². The van der Waals surface area contributed by atoms with Crippen LogP contribution in [0.3, 0.4) is 0 Å². The molecule has 1 aromatic rings. The largest absolute Gasteiger partial charge is 0.294 e. The van der Waals surface area contributed by atoms with E-state index in [1.165, 1.54) is 0 Å². The van der Waals surface area contributed by atoms with Crippen molar-refractivity contribution in [2.75, 3.05) is 0 Å². The SMILES string of the molecule is C=C(C)CC(=O)c1ccc(F)cc1F. The standard InChI is InChI=1S/C11H10F2O/c1-7(2)5-11(14)9-4-3-8(12)6-10(9)13/h3-4,6H,1,5H2,2H3. The van der Waals surface area contributed by atoms with Crippen molar-refractivity contribution in [3.63, 3.8) is 0 Å². The van der Waals surface area contributed by atoms with Crippen molar-refractivity contribution in [1.29, 1.82) is 0 Å². The van der Waals surface area contributed by atoms with Gasteiger partial charge < -0.3 is 0 Å². The Labute approximate surface area is 81.1 Å². The zero-order valence-electron chi connectivity index (χ0n) is 7.81. The first-order valence-electron chi connectivity index (χ1n) is 4.13. The van der Waals surface area contributed by atoms with E-state index < -0.39 is 11.6 Å². The second-order valence-electron chi connectivity index (χ2n) is 3.18. The van der Waals surface area contributed by atoms with E-state index in [4.69, 9.17) is 0 Å². The molecule has 1 nitrogen and oxygen atoms in total. The minimum Gasteiger partial charge on any atom is -0.294 e. The van der Waals surface area contributed by atoms with E-state index in [9.17, 15) is 13.6 Å². The average Bonchev–Trinajstić information content (AvgIpc) is 2.01. The maximum absolute atomic E-state index is 13.1. The van der Waals surface area contributed by atoms with E-state index in [1.54, 1.807) is 6.92 Å². The summed E-state index contributed by atoms with van der Waals surface area (Å²) in [5.74, 6) is -1.89. The molecule has 0 N–H and O–H groups in total. The van der Waals surface area contributed by atoms with Crippen molar-refractivity contribution < 1.29 is 13.6 Å². The Morgan fingerprint density at radius 2 is 2.07 bits per heavy atom. The molecule has 0 spiro atoms. The van der Waals surface area contributed by atoms with Crippen molar-refractivity contribution in [3.05, 3.63) is 47.5 Å². The maximum atomic E-state index is 13.1. The number of carbonyl (C=O) groups is 1. The normalized spacial score (nSPS) is 9.93. The van der Waals surface area contributed by atoms with Crippen molar-refractivity contribution in [3.8, 4) is 0 Å². The first-order chi connectivity index (χ1) is 6.50. The summed E-state index contributed by atoms with van der Waals surface area (Å²) in [6.07, 6.45) is 0.0859. The fourth-order valence-electron chi connectivity index (χ4n) is 1.08. The molecule has 0 aliphatic carbocycles. The molecule has 0 aliphatic heterocycles. The number of benzene rings is 1. The monoisotopic (exact) mass is 196 g/mol. The van der Waals surface area contributed by atoms with Crippen LogP contribution in [0.2, 0.25) is 0 Å². The number of Topliss-reactive ketones (excluding diaryl/α,β-unsaturated/α-hetero) is 1. The van der Waals surface area contributed by atoms with Gasteiger partial charge in [0.2, 0.25) is 0 Å². The Kier molecular flexibility index (Phi) is 3.12. The summed E-state index contributed by atoms with van der Waals surface area (Å²) in [6, 6.07) is 2.91. The van der Waals surface area contributed by atoms with Gasteiger partial charge in [0.1, 0.15) is 11.6 Å². The van der Waals surface area contributed by atoms with E-state index in [1.807, 2.05) is 0 Å². The number of carbonyl (C=O) groups excluding carboxylic acids is 1. The molecule has 1 aromatic carbocycles. The lowest BCUT2D eigenvalue weighted by Crippen LogP contribution is -2.02. The summed E-state index contributed by atoms with van der Waals surface area (Å²) in [7, 11) is 0. The van der Waals surface area contributed by atoms with E-state index in [-0.39, 0.29) is 17.8 Å². The molecular formula is C11H10F2O. The molecule has 0 radical (unpaired) electrons. The van der Waals surface area contributed by atoms with Gasteiger partial charge in [-0.2, -0.15) is 0 Å². The van der Waals surface area contributed by atoms with Crippen LogP contribution in [-0.2, 0) is 0 Å². The van der Waals surface area contributed by atoms with Crippen LogP contribution in [0.25, 0.3) is 0 Å². The van der Waals surface area contributed by atoms with Crippen LogP contribution >= 0.6 is 0 Å². The van der Waals surface area contributed by atoms with Crippen LogP contribution in [0.4, 0.5) is 8.78 Å². The average molecular weight is 196 g/mol. The Bertz CT molecular complexity index is 383. The second kappa shape index (κ2) is 4.13. The topological polar surface area (TPSA) is 17.1 Å². The summed E-state index contributed by atoms with van der Waals surface area (Å²) in [5, 5.41) is 0. The quantitative estimate of drug-likeness (QED) is 0.536. The molecule has 0 aliphatic rings. The highest BCUT2D eigenvalue weighted by molar-refractivity contribution is 5.97. The van der Waals surface area contributed by atoms with Crippen LogP contribution < -0.4 is 0 Å². The summed E-state index contributed by atoms with van der Waals surface area (Å²) in [5.41, 5.74) is 0.563. The van der Waals surface area contributed by atoms with Gasteiger partial charge >= 0.3 is 0 Å². The first kappa shape index (κ1) is 10.6. The van der Waals surface area contributed by atoms with Crippen molar-refractivity contribution in [2.24, 2.45) is 0 Å². The van der Waals surface area contributed by atoms with Gasteiger partial charge in [0.25, 0.3) is 0 Å². The Balaban J connectivity index is 2.96. The Morgan fingerprint density at radius 1 is 1.43 bits per heavy atom. The predicted molar refractivity (Wildman–Crippen MR) is 50.1 cm³/mol. The van der Waals surface area contributed by atoms with Gasteiger partial charge in [0, 0.05) is 12.5 Å². The summed E-state index contributed by atoms with van der Waals surface area (Å²) >= 11 is 0. The highest BCUT2D eigenvalue weighted by Crippen LogP contribution is 2.13. The lowest BCUT2D eigenvalue weighted by atomic mass is 10.0. The molecule has 0 bridgehead atoms. The van der Waals surface area contributed by atoms with E-state index in [0.717, 1.165) is 12.1 Å². The predicted octanol–water partition coefficient (Wildman–Crippen LogP) is 3.11. The van der Waals surface area contributed by atoms with Crippen molar-refractivity contribution in [1.82, 2.24) is 0 Å². The Morgan fingerprint density at radius 3 is 2.57 bits per heavy atom. The highest BCUT2D eigenvalue weighted by atomic mass is 19.1. The zero-order chi connectivity index (χ0) is 10.7. The first-order valence-corrected chi connectivity index (χ1v) is 4.13. The van der Waals surface area contributed by atoms with Gasteiger partial charge in [0.15, 0.2) is 5.78 Å². The molecule has 0 heterocycles. The van der Waals surface area contributed by atoms with Crippen LogP contribution in [0.1, 0.15) is 23.7 Å². The van der Waals surface area contributed by atoms with E-state index in [0.29, 0.717) is 11.6 Å². The fourth-order valence-corrected chi connectivity index (χ4v) is 1.08. The minimum atomic E-state index is -0.823. The maximum Gasteiger partial charge on any atom is 0.169 e. The molecule has 14 heavy (non-hydrogen) atoms. The van der Waals surface area contributed by atoms with Gasteiger partial charge in [-0.3, -0.25) is 4.79 Å². The molecule has 0 aromatic heterocycles. The Hall–Kier alpha value is -1.51. The molecule has 0 fully saturated rings. The van der Waals surface area contributed by atoms with Crippen molar-refractivity contribution in [2.45, 2.75) is 13.3 Å². The molecule has 1 rings (SSSR count). The number of hydrogen-bond acceptors (Lipinski definition) is 1. The fraction of sp³-hybridized carbons (Fsp3) is 0.182. The van der Waals surface area contributed by atoms with Gasteiger partial charge in [-0.05, 0) is 19.1 Å². The van der Waals surface area contributed by atoms with Crippen LogP contribution in [0.5, 0.6) is 0 Å².